The first-order valence-electron chi connectivity index (χ1n) is 4.17. The van der Waals surface area contributed by atoms with Gasteiger partial charge in [0.15, 0.2) is 0 Å². The first-order valence-corrected chi connectivity index (χ1v) is 4.17. The normalized spacial score (nSPS) is 10.0. The van der Waals surface area contributed by atoms with Crippen LogP contribution in [-0.4, -0.2) is 11.1 Å². The van der Waals surface area contributed by atoms with Gasteiger partial charge < -0.3 is 5.11 Å². The lowest BCUT2D eigenvalue weighted by molar-refractivity contribution is 0.0690. The molecule has 0 amide bonds. The van der Waals surface area contributed by atoms with E-state index in [1.807, 2.05) is 6.92 Å². The Morgan fingerprint density at radius 2 is 2.23 bits per heavy atom. The maximum absolute atomic E-state index is 13.0. The predicted molar refractivity (Wildman–Crippen MR) is 47.4 cm³/mol. The minimum absolute atomic E-state index is 0.190. The van der Waals surface area contributed by atoms with Crippen LogP contribution in [0.3, 0.4) is 0 Å². The summed E-state index contributed by atoms with van der Waals surface area (Å²) >= 11 is 0. The first kappa shape index (κ1) is 9.71. The molecule has 1 aromatic carbocycles. The second kappa shape index (κ2) is 4.03. The fraction of sp³-hybridized carbons (Fsp3) is 0.300. The quantitative estimate of drug-likeness (QED) is 0.779. The van der Waals surface area contributed by atoms with Crippen molar-refractivity contribution in [2.75, 3.05) is 0 Å². The van der Waals surface area contributed by atoms with Crippen LogP contribution < -0.4 is 0 Å². The Balaban J connectivity index is 3.17. The molecule has 0 saturated carbocycles. The molecule has 0 radical (unpaired) electrons. The second-order valence-electron chi connectivity index (χ2n) is 2.83. The molecule has 70 valence electrons. The molecule has 1 N–H and O–H groups in total. The van der Waals surface area contributed by atoms with Crippen LogP contribution in [0, 0.1) is 5.82 Å². The molecular formula is C10H11FO2. The molecule has 0 spiro atoms. The lowest BCUT2D eigenvalue weighted by Gasteiger charge is -2.04. The second-order valence-corrected chi connectivity index (χ2v) is 2.83. The third-order valence-corrected chi connectivity index (χ3v) is 1.83. The molecule has 0 unspecified atom stereocenters. The molecule has 0 heterocycles. The summed E-state index contributed by atoms with van der Waals surface area (Å²) < 4.78 is 13.0. The van der Waals surface area contributed by atoms with Gasteiger partial charge in [-0.1, -0.05) is 25.5 Å². The maximum atomic E-state index is 13.0. The van der Waals surface area contributed by atoms with Gasteiger partial charge in [-0.3, -0.25) is 0 Å². The highest BCUT2D eigenvalue weighted by atomic mass is 19.1. The molecule has 0 saturated heterocycles. The predicted octanol–water partition coefficient (Wildman–Crippen LogP) is 2.48. The summed E-state index contributed by atoms with van der Waals surface area (Å²) in [7, 11) is 0. The molecule has 0 aromatic heterocycles. The summed E-state index contributed by atoms with van der Waals surface area (Å²) in [5.74, 6) is -1.85. The van der Waals surface area contributed by atoms with Crippen LogP contribution in [0.15, 0.2) is 18.2 Å². The van der Waals surface area contributed by atoms with Crippen molar-refractivity contribution < 1.29 is 14.3 Å². The van der Waals surface area contributed by atoms with E-state index >= 15 is 0 Å². The topological polar surface area (TPSA) is 37.3 Å². The highest BCUT2D eigenvalue weighted by molar-refractivity contribution is 5.89. The van der Waals surface area contributed by atoms with E-state index in [2.05, 4.69) is 0 Å². The fourth-order valence-electron chi connectivity index (χ4n) is 1.29. The molecule has 0 bridgehead atoms. The smallest absolute Gasteiger partial charge is 0.338 e. The Kier molecular flexibility index (Phi) is 3.01. The fourth-order valence-corrected chi connectivity index (χ4v) is 1.29. The Morgan fingerprint density at radius 3 is 2.77 bits per heavy atom. The zero-order valence-corrected chi connectivity index (χ0v) is 7.38. The van der Waals surface area contributed by atoms with Crippen molar-refractivity contribution >= 4 is 5.97 Å². The average molecular weight is 182 g/mol. The Morgan fingerprint density at radius 1 is 1.54 bits per heavy atom. The first-order chi connectivity index (χ1) is 6.16. The third-order valence-electron chi connectivity index (χ3n) is 1.83. The minimum Gasteiger partial charge on any atom is -0.478 e. The zero-order chi connectivity index (χ0) is 9.84. The van der Waals surface area contributed by atoms with Gasteiger partial charge in [0.25, 0.3) is 0 Å². The number of halogens is 1. The van der Waals surface area contributed by atoms with Crippen LogP contribution in [0.5, 0.6) is 0 Å². The zero-order valence-electron chi connectivity index (χ0n) is 7.38. The molecule has 1 aromatic rings. The van der Waals surface area contributed by atoms with Crippen LogP contribution in [0.4, 0.5) is 4.39 Å². The van der Waals surface area contributed by atoms with Crippen LogP contribution in [-0.2, 0) is 6.42 Å². The highest BCUT2D eigenvalue weighted by Gasteiger charge is 2.14. The molecule has 0 aliphatic heterocycles. The molecular weight excluding hydrogens is 171 g/mol. The van der Waals surface area contributed by atoms with Crippen LogP contribution >= 0.6 is 0 Å². The van der Waals surface area contributed by atoms with Crippen molar-refractivity contribution in [3.05, 3.63) is 35.1 Å². The van der Waals surface area contributed by atoms with Gasteiger partial charge in [-0.05, 0) is 18.1 Å². The van der Waals surface area contributed by atoms with Crippen molar-refractivity contribution in [2.45, 2.75) is 19.8 Å². The van der Waals surface area contributed by atoms with Crippen LogP contribution in [0.25, 0.3) is 0 Å². The summed E-state index contributed by atoms with van der Waals surface area (Å²) in [5.41, 5.74) is 0.374. The molecule has 2 nitrogen and oxygen atoms in total. The van der Waals surface area contributed by atoms with Crippen molar-refractivity contribution in [2.24, 2.45) is 0 Å². The third kappa shape index (κ3) is 2.05. The van der Waals surface area contributed by atoms with E-state index in [4.69, 9.17) is 5.11 Å². The molecule has 3 heteroatoms. The van der Waals surface area contributed by atoms with E-state index in [0.29, 0.717) is 12.0 Å². The summed E-state index contributed by atoms with van der Waals surface area (Å²) in [6.45, 7) is 1.93. The van der Waals surface area contributed by atoms with Gasteiger partial charge in [0.1, 0.15) is 5.82 Å². The van der Waals surface area contributed by atoms with E-state index < -0.39 is 11.8 Å². The van der Waals surface area contributed by atoms with Gasteiger partial charge >= 0.3 is 5.97 Å². The number of carboxylic acid groups (broad SMARTS) is 1. The van der Waals surface area contributed by atoms with Gasteiger partial charge in [0.2, 0.25) is 0 Å². The van der Waals surface area contributed by atoms with E-state index in [0.717, 1.165) is 6.42 Å². The van der Waals surface area contributed by atoms with E-state index in [1.54, 1.807) is 6.07 Å². The summed E-state index contributed by atoms with van der Waals surface area (Å²) in [4.78, 5) is 10.7. The lowest BCUT2D eigenvalue weighted by atomic mass is 10.0. The molecule has 0 aliphatic rings. The van der Waals surface area contributed by atoms with Crippen molar-refractivity contribution in [3.8, 4) is 0 Å². The molecule has 13 heavy (non-hydrogen) atoms. The summed E-state index contributed by atoms with van der Waals surface area (Å²) in [6, 6.07) is 4.35. The largest absolute Gasteiger partial charge is 0.478 e. The van der Waals surface area contributed by atoms with Crippen LogP contribution in [0.2, 0.25) is 0 Å². The minimum atomic E-state index is -1.19. The Hall–Kier alpha value is -1.38. The number of carbonyl (C=O) groups is 1. The number of benzene rings is 1. The molecule has 0 aliphatic carbocycles. The SMILES string of the molecule is CCCc1cccc(F)c1C(=O)O. The van der Waals surface area contributed by atoms with Crippen molar-refractivity contribution in [1.82, 2.24) is 0 Å². The highest BCUT2D eigenvalue weighted by Crippen LogP contribution is 2.15. The average Bonchev–Trinajstić information content (AvgIpc) is 2.04. The van der Waals surface area contributed by atoms with Crippen molar-refractivity contribution in [1.29, 1.82) is 0 Å². The number of hydrogen-bond acceptors (Lipinski definition) is 1. The van der Waals surface area contributed by atoms with Crippen LogP contribution in [0.1, 0.15) is 29.3 Å². The molecule has 1 rings (SSSR count). The van der Waals surface area contributed by atoms with Gasteiger partial charge in [0.05, 0.1) is 5.56 Å². The Labute approximate surface area is 76.0 Å². The number of rotatable bonds is 3. The van der Waals surface area contributed by atoms with E-state index in [9.17, 15) is 9.18 Å². The maximum Gasteiger partial charge on any atom is 0.338 e. The monoisotopic (exact) mass is 182 g/mol. The summed E-state index contributed by atoms with van der Waals surface area (Å²) in [6.07, 6.45) is 1.41. The molecule has 0 fully saturated rings. The van der Waals surface area contributed by atoms with Gasteiger partial charge in [-0.15, -0.1) is 0 Å². The molecule has 0 atom stereocenters. The number of aromatic carboxylic acids is 1. The standard InChI is InChI=1S/C10H11FO2/c1-2-4-7-5-3-6-8(11)9(7)10(12)13/h3,5-6H,2,4H2,1H3,(H,12,13). The number of carboxylic acids is 1. The van der Waals surface area contributed by atoms with E-state index in [-0.39, 0.29) is 5.56 Å². The van der Waals surface area contributed by atoms with Crippen molar-refractivity contribution in [3.63, 3.8) is 0 Å². The van der Waals surface area contributed by atoms with Gasteiger partial charge in [-0.25, -0.2) is 9.18 Å². The Bertz CT molecular complexity index is 321. The summed E-state index contributed by atoms with van der Waals surface area (Å²) in [5, 5.41) is 8.73. The number of aryl methyl sites for hydroxylation is 1. The van der Waals surface area contributed by atoms with Gasteiger partial charge in [0, 0.05) is 0 Å². The van der Waals surface area contributed by atoms with Gasteiger partial charge in [-0.2, -0.15) is 0 Å². The number of hydrogen-bond donors (Lipinski definition) is 1. The van der Waals surface area contributed by atoms with E-state index in [1.165, 1.54) is 12.1 Å². The lowest BCUT2D eigenvalue weighted by Crippen LogP contribution is -2.05.